The lowest BCUT2D eigenvalue weighted by molar-refractivity contribution is -0.297. The number of hydrogen-bond donors (Lipinski definition) is 0. The van der Waals surface area contributed by atoms with Crippen LogP contribution in [0.5, 0.6) is 0 Å². The number of carbonyl (C=O) groups is 1. The molecule has 1 fully saturated rings. The minimum Gasteiger partial charge on any atom is -0.457 e. The minimum atomic E-state index is -1.97. The summed E-state index contributed by atoms with van der Waals surface area (Å²) in [4.78, 5) is 11.7. The van der Waals surface area contributed by atoms with Gasteiger partial charge in [0, 0.05) is 6.92 Å². The van der Waals surface area contributed by atoms with Gasteiger partial charge in [-0.1, -0.05) is 36.4 Å². The summed E-state index contributed by atoms with van der Waals surface area (Å²) in [6.07, 6.45) is -0.998. The molecular weight excluding hydrogens is 376 g/mol. The summed E-state index contributed by atoms with van der Waals surface area (Å²) in [5.74, 6) is -0.383. The van der Waals surface area contributed by atoms with Crippen molar-refractivity contribution in [3.05, 3.63) is 48.6 Å². The maximum Gasteiger partial charge on any atom is 0.303 e. The first-order valence-electron chi connectivity index (χ1n) is 9.60. The van der Waals surface area contributed by atoms with Gasteiger partial charge in [0.25, 0.3) is 0 Å². The molecule has 0 saturated carbocycles. The van der Waals surface area contributed by atoms with Crippen molar-refractivity contribution in [3.63, 3.8) is 0 Å². The van der Waals surface area contributed by atoms with Gasteiger partial charge in [0.2, 0.25) is 0 Å². The summed E-state index contributed by atoms with van der Waals surface area (Å²) in [6, 6.07) is 9.85. The van der Waals surface area contributed by atoms with Crippen LogP contribution in [0.4, 0.5) is 0 Å². The van der Waals surface area contributed by atoms with Crippen molar-refractivity contribution in [2.75, 3.05) is 6.61 Å². The summed E-state index contributed by atoms with van der Waals surface area (Å²) in [5, 5.41) is 0. The van der Waals surface area contributed by atoms with E-state index in [1.54, 1.807) is 6.08 Å². The molecule has 0 N–H and O–H groups in total. The molecule has 1 heterocycles. The van der Waals surface area contributed by atoms with Gasteiger partial charge in [0.05, 0.1) is 19.3 Å². The minimum absolute atomic E-state index is 0.326. The fraction of sp³-hybridized carbons (Fsp3) is 0.571. The second kappa shape index (κ2) is 10.3. The molecule has 1 aromatic carbocycles. The molecule has 5 atom stereocenters. The van der Waals surface area contributed by atoms with E-state index in [1.165, 1.54) is 6.92 Å². The van der Waals surface area contributed by atoms with Gasteiger partial charge in [-0.3, -0.25) is 4.79 Å². The molecular formula is C21H32O6Si. The van der Waals surface area contributed by atoms with Gasteiger partial charge in [-0.05, 0) is 32.1 Å². The Morgan fingerprint density at radius 1 is 1.14 bits per heavy atom. The highest BCUT2D eigenvalue weighted by Gasteiger charge is 2.49. The Morgan fingerprint density at radius 3 is 2.39 bits per heavy atom. The molecule has 1 saturated heterocycles. The molecule has 6 nitrogen and oxygen atoms in total. The number of benzene rings is 1. The Kier molecular flexibility index (Phi) is 8.39. The highest BCUT2D eigenvalue weighted by molar-refractivity contribution is 6.69. The topological polar surface area (TPSA) is 63.2 Å². The third-order valence-electron chi connectivity index (χ3n) is 4.18. The SMILES string of the molecule is C=CCO[C@@H]1O[C@@H](C)[C@H](OC(C)=O)[C@@H](OCc2ccccc2)[C@H]1O[Si](C)(C)C. The molecule has 0 bridgehead atoms. The zero-order chi connectivity index (χ0) is 20.7. The van der Waals surface area contributed by atoms with Gasteiger partial charge in [0.15, 0.2) is 20.7 Å². The van der Waals surface area contributed by atoms with Crippen molar-refractivity contribution < 1.29 is 28.2 Å². The standard InChI is InChI=1S/C21H32O6Si/c1-7-13-23-21-20(27-28(4,5)6)19(18(15(2)25-21)26-16(3)22)24-14-17-11-9-8-10-12-17/h7-12,15,18-21H,1,13-14H2,2-6H3/t15-,18-,19+,20+,21+/m0/s1. The fourth-order valence-electron chi connectivity index (χ4n) is 3.11. The van der Waals surface area contributed by atoms with Crippen molar-refractivity contribution in [3.8, 4) is 0 Å². The monoisotopic (exact) mass is 408 g/mol. The Labute approximate surface area is 168 Å². The van der Waals surface area contributed by atoms with Crippen LogP contribution in [0.25, 0.3) is 0 Å². The second-order valence-electron chi connectivity index (χ2n) is 7.86. The molecule has 0 radical (unpaired) electrons. The normalized spacial score (nSPS) is 28.0. The number of esters is 1. The summed E-state index contributed by atoms with van der Waals surface area (Å²) >= 11 is 0. The predicted octanol–water partition coefficient (Wildman–Crippen LogP) is 3.67. The Balaban J connectivity index is 2.29. The molecule has 0 spiro atoms. The summed E-state index contributed by atoms with van der Waals surface area (Å²) in [7, 11) is -1.97. The third kappa shape index (κ3) is 6.83. The highest BCUT2D eigenvalue weighted by atomic mass is 28.4. The van der Waals surface area contributed by atoms with Crippen LogP contribution in [0, 0.1) is 0 Å². The number of carbonyl (C=O) groups excluding carboxylic acids is 1. The van der Waals surface area contributed by atoms with Gasteiger partial charge < -0.3 is 23.4 Å². The predicted molar refractivity (Wildman–Crippen MR) is 109 cm³/mol. The molecule has 0 aromatic heterocycles. The average molecular weight is 409 g/mol. The smallest absolute Gasteiger partial charge is 0.303 e. The van der Waals surface area contributed by atoms with Crippen molar-refractivity contribution in [2.45, 2.75) is 70.8 Å². The molecule has 1 aromatic rings. The summed E-state index contributed by atoms with van der Waals surface area (Å²) in [6.45, 7) is 13.9. The van der Waals surface area contributed by atoms with Gasteiger partial charge >= 0.3 is 5.97 Å². The van der Waals surface area contributed by atoms with Gasteiger partial charge in [0.1, 0.15) is 12.2 Å². The quantitative estimate of drug-likeness (QED) is 0.353. The summed E-state index contributed by atoms with van der Waals surface area (Å²) in [5.41, 5.74) is 1.03. The molecule has 1 aliphatic heterocycles. The van der Waals surface area contributed by atoms with Crippen molar-refractivity contribution in [2.24, 2.45) is 0 Å². The van der Waals surface area contributed by atoms with Crippen LogP contribution in [0.1, 0.15) is 19.4 Å². The Bertz CT molecular complexity index is 630. The van der Waals surface area contributed by atoms with E-state index < -0.39 is 39.0 Å². The van der Waals surface area contributed by atoms with Crippen LogP contribution >= 0.6 is 0 Å². The van der Waals surface area contributed by atoms with E-state index in [9.17, 15) is 4.79 Å². The van der Waals surface area contributed by atoms with E-state index in [-0.39, 0.29) is 5.97 Å². The number of hydrogen-bond acceptors (Lipinski definition) is 6. The Morgan fingerprint density at radius 2 is 1.82 bits per heavy atom. The number of rotatable bonds is 9. The molecule has 1 aliphatic rings. The fourth-order valence-corrected chi connectivity index (χ4v) is 4.18. The van der Waals surface area contributed by atoms with Crippen LogP contribution < -0.4 is 0 Å². The lowest BCUT2D eigenvalue weighted by Crippen LogP contribution is -2.62. The van der Waals surface area contributed by atoms with E-state index in [1.807, 2.05) is 37.3 Å². The Hall–Kier alpha value is -1.51. The zero-order valence-corrected chi connectivity index (χ0v) is 18.4. The number of ether oxygens (including phenoxy) is 4. The van der Waals surface area contributed by atoms with Crippen molar-refractivity contribution in [1.82, 2.24) is 0 Å². The zero-order valence-electron chi connectivity index (χ0n) is 17.4. The first-order valence-corrected chi connectivity index (χ1v) is 13.0. The molecule has 28 heavy (non-hydrogen) atoms. The molecule has 156 valence electrons. The van der Waals surface area contributed by atoms with Crippen molar-refractivity contribution >= 4 is 14.3 Å². The lowest BCUT2D eigenvalue weighted by atomic mass is 9.99. The van der Waals surface area contributed by atoms with Crippen LogP contribution in [0.2, 0.25) is 19.6 Å². The average Bonchev–Trinajstić information content (AvgIpc) is 2.62. The summed E-state index contributed by atoms with van der Waals surface area (Å²) < 4.78 is 30.1. The van der Waals surface area contributed by atoms with Gasteiger partial charge in [-0.2, -0.15) is 0 Å². The lowest BCUT2D eigenvalue weighted by Gasteiger charge is -2.46. The largest absolute Gasteiger partial charge is 0.457 e. The molecule has 0 aliphatic carbocycles. The molecule has 0 amide bonds. The first kappa shape index (κ1) is 22.8. The van der Waals surface area contributed by atoms with E-state index in [0.717, 1.165) is 5.56 Å². The van der Waals surface area contributed by atoms with Crippen LogP contribution in [0.3, 0.4) is 0 Å². The van der Waals surface area contributed by atoms with E-state index >= 15 is 0 Å². The van der Waals surface area contributed by atoms with Crippen LogP contribution in [-0.2, 0) is 34.8 Å². The molecule has 0 unspecified atom stereocenters. The second-order valence-corrected chi connectivity index (χ2v) is 12.3. The first-order chi connectivity index (χ1) is 13.2. The van der Waals surface area contributed by atoms with E-state index in [0.29, 0.717) is 13.2 Å². The molecule has 7 heteroatoms. The highest BCUT2D eigenvalue weighted by Crippen LogP contribution is 2.31. The van der Waals surface area contributed by atoms with Crippen LogP contribution in [0.15, 0.2) is 43.0 Å². The third-order valence-corrected chi connectivity index (χ3v) is 5.16. The van der Waals surface area contributed by atoms with Crippen LogP contribution in [-0.4, -0.2) is 51.6 Å². The van der Waals surface area contributed by atoms with E-state index in [4.69, 9.17) is 23.4 Å². The van der Waals surface area contributed by atoms with Gasteiger partial charge in [-0.25, -0.2) is 0 Å². The van der Waals surface area contributed by atoms with Crippen molar-refractivity contribution in [1.29, 1.82) is 0 Å². The van der Waals surface area contributed by atoms with E-state index in [2.05, 4.69) is 26.2 Å². The van der Waals surface area contributed by atoms with Gasteiger partial charge in [-0.15, -0.1) is 6.58 Å². The molecule has 2 rings (SSSR count). The maximum atomic E-state index is 11.7. The maximum absolute atomic E-state index is 11.7.